The number of rotatable bonds is 7. The van der Waals surface area contributed by atoms with Crippen molar-refractivity contribution in [1.82, 2.24) is 20.5 Å². The van der Waals surface area contributed by atoms with Crippen LogP contribution in [-0.2, 0) is 11.3 Å². The normalized spacial score (nSPS) is 14.9. The summed E-state index contributed by atoms with van der Waals surface area (Å²) in [6, 6.07) is 12.3. The van der Waals surface area contributed by atoms with Gasteiger partial charge in [-0.2, -0.15) is 0 Å². The number of aromatic nitrogens is 1. The molecule has 0 radical (unpaired) electrons. The topological polar surface area (TPSA) is 57.3 Å². The van der Waals surface area contributed by atoms with Gasteiger partial charge in [-0.15, -0.1) is 0 Å². The largest absolute Gasteiger partial charge is 0.342 e. The Kier molecular flexibility index (Phi) is 6.15. The molecular formula is C19H26N4O. The molecule has 1 aromatic heterocycles. The standard InChI is InChI=1S/C19H26N4O/c24-19(23-12-4-1-5-13-23)15-21-11-10-20-14-17-9-8-16-6-2-3-7-18(16)22-17/h2-3,6-9,20-21H,1,4-5,10-15H2. The Balaban J connectivity index is 1.32. The van der Waals surface area contributed by atoms with Gasteiger partial charge in [-0.1, -0.05) is 24.3 Å². The Morgan fingerprint density at radius 3 is 2.67 bits per heavy atom. The van der Waals surface area contributed by atoms with Crippen LogP contribution in [0, 0.1) is 0 Å². The Bertz CT molecular complexity index is 667. The van der Waals surface area contributed by atoms with Crippen molar-refractivity contribution in [2.75, 3.05) is 32.7 Å². The van der Waals surface area contributed by atoms with E-state index in [1.807, 2.05) is 23.1 Å². The first kappa shape index (κ1) is 16.9. The van der Waals surface area contributed by atoms with Crippen LogP contribution in [0.3, 0.4) is 0 Å². The van der Waals surface area contributed by atoms with Gasteiger partial charge in [0.1, 0.15) is 0 Å². The molecule has 0 aliphatic carbocycles. The van der Waals surface area contributed by atoms with Crippen LogP contribution in [0.4, 0.5) is 0 Å². The quantitative estimate of drug-likeness (QED) is 0.764. The van der Waals surface area contributed by atoms with Gasteiger partial charge in [-0.25, -0.2) is 0 Å². The predicted octanol–water partition coefficient (Wildman–Crippen LogP) is 1.93. The molecule has 1 aliphatic rings. The fraction of sp³-hybridized carbons (Fsp3) is 0.474. The first-order valence-corrected chi connectivity index (χ1v) is 8.87. The van der Waals surface area contributed by atoms with E-state index in [4.69, 9.17) is 0 Å². The average Bonchev–Trinajstić information content (AvgIpc) is 2.65. The molecule has 0 unspecified atom stereocenters. The van der Waals surface area contributed by atoms with Gasteiger partial charge in [0.2, 0.25) is 5.91 Å². The van der Waals surface area contributed by atoms with E-state index >= 15 is 0 Å². The van der Waals surface area contributed by atoms with Gasteiger partial charge in [-0.05, 0) is 31.4 Å². The molecule has 1 fully saturated rings. The second-order valence-electron chi connectivity index (χ2n) is 6.29. The summed E-state index contributed by atoms with van der Waals surface area (Å²) in [5.41, 5.74) is 2.07. The summed E-state index contributed by atoms with van der Waals surface area (Å²) in [4.78, 5) is 18.6. The molecule has 2 aromatic rings. The van der Waals surface area contributed by atoms with Gasteiger partial charge < -0.3 is 15.5 Å². The molecule has 0 atom stereocenters. The molecule has 3 rings (SSSR count). The first-order valence-electron chi connectivity index (χ1n) is 8.87. The number of amides is 1. The Labute approximate surface area is 143 Å². The van der Waals surface area contributed by atoms with Crippen molar-refractivity contribution in [3.8, 4) is 0 Å². The number of carbonyl (C=O) groups excluding carboxylic acids is 1. The zero-order valence-corrected chi connectivity index (χ0v) is 14.1. The van der Waals surface area contributed by atoms with Crippen molar-refractivity contribution in [3.63, 3.8) is 0 Å². The molecule has 1 saturated heterocycles. The van der Waals surface area contributed by atoms with Crippen LogP contribution < -0.4 is 10.6 Å². The molecule has 5 heteroatoms. The van der Waals surface area contributed by atoms with Crippen molar-refractivity contribution >= 4 is 16.8 Å². The summed E-state index contributed by atoms with van der Waals surface area (Å²) in [6.45, 7) is 4.64. The van der Waals surface area contributed by atoms with Gasteiger partial charge >= 0.3 is 0 Å². The Hall–Kier alpha value is -1.98. The molecule has 5 nitrogen and oxygen atoms in total. The minimum Gasteiger partial charge on any atom is -0.342 e. The number of para-hydroxylation sites is 1. The van der Waals surface area contributed by atoms with E-state index in [2.05, 4.69) is 33.8 Å². The molecule has 0 saturated carbocycles. The van der Waals surface area contributed by atoms with E-state index < -0.39 is 0 Å². The van der Waals surface area contributed by atoms with Gasteiger partial charge in [-0.3, -0.25) is 9.78 Å². The molecule has 2 heterocycles. The molecular weight excluding hydrogens is 300 g/mol. The van der Waals surface area contributed by atoms with Crippen LogP contribution in [0.25, 0.3) is 10.9 Å². The summed E-state index contributed by atoms with van der Waals surface area (Å²) in [6.07, 6.45) is 3.54. The lowest BCUT2D eigenvalue weighted by Gasteiger charge is -2.26. The highest BCUT2D eigenvalue weighted by Crippen LogP contribution is 2.11. The lowest BCUT2D eigenvalue weighted by atomic mass is 10.1. The van der Waals surface area contributed by atoms with E-state index in [0.717, 1.165) is 56.8 Å². The number of piperidine rings is 1. The molecule has 128 valence electrons. The molecule has 2 N–H and O–H groups in total. The van der Waals surface area contributed by atoms with Crippen LogP contribution >= 0.6 is 0 Å². The summed E-state index contributed by atoms with van der Waals surface area (Å²) in [7, 11) is 0. The Morgan fingerprint density at radius 1 is 1.00 bits per heavy atom. The zero-order valence-electron chi connectivity index (χ0n) is 14.1. The number of nitrogens with one attached hydrogen (secondary N) is 2. The van der Waals surface area contributed by atoms with E-state index in [9.17, 15) is 4.79 Å². The third-order valence-electron chi connectivity index (χ3n) is 4.43. The Morgan fingerprint density at radius 2 is 1.79 bits per heavy atom. The van der Waals surface area contributed by atoms with Crippen molar-refractivity contribution < 1.29 is 4.79 Å². The second-order valence-corrected chi connectivity index (χ2v) is 6.29. The SMILES string of the molecule is O=C(CNCCNCc1ccc2ccccc2n1)N1CCCCC1. The number of carbonyl (C=O) groups is 1. The molecule has 1 aromatic carbocycles. The highest BCUT2D eigenvalue weighted by atomic mass is 16.2. The highest BCUT2D eigenvalue weighted by Gasteiger charge is 2.15. The highest BCUT2D eigenvalue weighted by molar-refractivity contribution is 5.78. The number of fused-ring (bicyclic) bond motifs is 1. The predicted molar refractivity (Wildman–Crippen MR) is 96.8 cm³/mol. The smallest absolute Gasteiger partial charge is 0.236 e. The van der Waals surface area contributed by atoms with Crippen molar-refractivity contribution in [2.24, 2.45) is 0 Å². The fourth-order valence-electron chi connectivity index (χ4n) is 3.05. The maximum Gasteiger partial charge on any atom is 0.236 e. The molecule has 0 bridgehead atoms. The van der Waals surface area contributed by atoms with Crippen LogP contribution in [0.1, 0.15) is 25.0 Å². The van der Waals surface area contributed by atoms with E-state index in [1.165, 1.54) is 11.8 Å². The van der Waals surface area contributed by atoms with E-state index in [1.54, 1.807) is 0 Å². The lowest BCUT2D eigenvalue weighted by Crippen LogP contribution is -2.42. The monoisotopic (exact) mass is 326 g/mol. The minimum absolute atomic E-state index is 0.228. The zero-order chi connectivity index (χ0) is 16.6. The molecule has 1 amide bonds. The molecule has 1 aliphatic heterocycles. The second kappa shape index (κ2) is 8.76. The lowest BCUT2D eigenvalue weighted by molar-refractivity contribution is -0.131. The van der Waals surface area contributed by atoms with Crippen LogP contribution in [-0.4, -0.2) is 48.5 Å². The van der Waals surface area contributed by atoms with Crippen LogP contribution in [0.5, 0.6) is 0 Å². The number of pyridine rings is 1. The third kappa shape index (κ3) is 4.76. The van der Waals surface area contributed by atoms with E-state index in [0.29, 0.717) is 6.54 Å². The molecule has 24 heavy (non-hydrogen) atoms. The summed E-state index contributed by atoms with van der Waals surface area (Å²) in [5, 5.41) is 7.76. The van der Waals surface area contributed by atoms with Crippen molar-refractivity contribution in [3.05, 3.63) is 42.1 Å². The van der Waals surface area contributed by atoms with Crippen molar-refractivity contribution in [2.45, 2.75) is 25.8 Å². The van der Waals surface area contributed by atoms with Crippen LogP contribution in [0.15, 0.2) is 36.4 Å². The number of hydrogen-bond donors (Lipinski definition) is 2. The van der Waals surface area contributed by atoms with Crippen LogP contribution in [0.2, 0.25) is 0 Å². The van der Waals surface area contributed by atoms with Gasteiger partial charge in [0.05, 0.1) is 17.8 Å². The van der Waals surface area contributed by atoms with Gasteiger partial charge in [0.15, 0.2) is 0 Å². The summed E-state index contributed by atoms with van der Waals surface area (Å²) >= 11 is 0. The maximum absolute atomic E-state index is 12.0. The van der Waals surface area contributed by atoms with E-state index in [-0.39, 0.29) is 5.91 Å². The minimum atomic E-state index is 0.228. The summed E-state index contributed by atoms with van der Waals surface area (Å²) in [5.74, 6) is 0.228. The first-order chi connectivity index (χ1) is 11.8. The number of likely N-dealkylation sites (tertiary alicyclic amines) is 1. The van der Waals surface area contributed by atoms with Gasteiger partial charge in [0.25, 0.3) is 0 Å². The average molecular weight is 326 g/mol. The number of nitrogens with zero attached hydrogens (tertiary/aromatic N) is 2. The number of benzene rings is 1. The third-order valence-corrected chi connectivity index (χ3v) is 4.43. The fourth-order valence-corrected chi connectivity index (χ4v) is 3.05. The number of hydrogen-bond acceptors (Lipinski definition) is 4. The maximum atomic E-state index is 12.0. The molecule has 0 spiro atoms. The van der Waals surface area contributed by atoms with Crippen molar-refractivity contribution in [1.29, 1.82) is 0 Å². The summed E-state index contributed by atoms with van der Waals surface area (Å²) < 4.78 is 0. The van der Waals surface area contributed by atoms with Gasteiger partial charge in [0, 0.05) is 38.1 Å².